The molecule has 0 saturated heterocycles. The van der Waals surface area contributed by atoms with Crippen LogP contribution >= 0.6 is 0 Å². The zero-order valence-electron chi connectivity index (χ0n) is 8.94. The summed E-state index contributed by atoms with van der Waals surface area (Å²) >= 11 is 0. The highest BCUT2D eigenvalue weighted by Gasteiger charge is 2.22. The normalized spacial score (nSPS) is 14.7. The lowest BCUT2D eigenvalue weighted by Gasteiger charge is -2.13. The van der Waals surface area contributed by atoms with Gasteiger partial charge >= 0.3 is 0 Å². The number of carbonyl (C=O) groups is 3. The first-order chi connectivity index (χ1) is 7.65. The molecule has 6 heteroatoms. The van der Waals surface area contributed by atoms with Crippen LogP contribution in [0.5, 0.6) is 0 Å². The van der Waals surface area contributed by atoms with E-state index in [2.05, 4.69) is 5.32 Å². The Labute approximate surface area is 93.5 Å². The molecule has 6 nitrogen and oxygen atoms in total. The molecule has 1 heterocycles. The van der Waals surface area contributed by atoms with Crippen LogP contribution in [-0.2, 0) is 14.4 Å². The highest BCUT2D eigenvalue weighted by Crippen LogP contribution is 2.01. The van der Waals surface area contributed by atoms with Crippen molar-refractivity contribution in [1.82, 2.24) is 10.2 Å². The fraction of sp³-hybridized carbons (Fsp3) is 0.500. The topological polar surface area (TPSA) is 92.5 Å². The molecule has 0 aromatic carbocycles. The number of amides is 3. The van der Waals surface area contributed by atoms with Gasteiger partial charge in [0.2, 0.25) is 5.91 Å². The molecule has 3 amide bonds. The van der Waals surface area contributed by atoms with E-state index >= 15 is 0 Å². The van der Waals surface area contributed by atoms with Crippen molar-refractivity contribution in [1.29, 1.82) is 0 Å². The highest BCUT2D eigenvalue weighted by atomic mass is 16.2. The molecular weight excluding hydrogens is 210 g/mol. The van der Waals surface area contributed by atoms with E-state index in [9.17, 15) is 14.4 Å². The van der Waals surface area contributed by atoms with Crippen molar-refractivity contribution < 1.29 is 14.4 Å². The van der Waals surface area contributed by atoms with Gasteiger partial charge in [0.1, 0.15) is 0 Å². The van der Waals surface area contributed by atoms with Crippen molar-refractivity contribution >= 4 is 17.7 Å². The van der Waals surface area contributed by atoms with Crippen molar-refractivity contribution in [3.8, 4) is 0 Å². The lowest BCUT2D eigenvalue weighted by atomic mass is 10.3. The van der Waals surface area contributed by atoms with Crippen LogP contribution in [0, 0.1) is 0 Å². The summed E-state index contributed by atoms with van der Waals surface area (Å²) in [5.41, 5.74) is 5.26. The number of imide groups is 1. The molecule has 1 rings (SSSR count). The first kappa shape index (κ1) is 12.4. The standard InChI is InChI=1S/C10H15N3O3/c11-5-1-2-8(14)12-6-7-13-9(15)3-4-10(13)16/h3-4H,1-2,5-7,11H2,(H,12,14). The van der Waals surface area contributed by atoms with Gasteiger partial charge in [-0.1, -0.05) is 0 Å². The average molecular weight is 225 g/mol. The Morgan fingerprint density at radius 3 is 2.50 bits per heavy atom. The zero-order valence-corrected chi connectivity index (χ0v) is 8.94. The number of hydrogen-bond acceptors (Lipinski definition) is 4. The molecule has 1 aliphatic rings. The Balaban J connectivity index is 2.18. The average Bonchev–Trinajstić information content (AvgIpc) is 2.57. The fourth-order valence-corrected chi connectivity index (χ4v) is 1.31. The van der Waals surface area contributed by atoms with Gasteiger partial charge in [0.15, 0.2) is 0 Å². The summed E-state index contributed by atoms with van der Waals surface area (Å²) in [5, 5.41) is 2.62. The lowest BCUT2D eigenvalue weighted by Crippen LogP contribution is -2.38. The molecule has 0 radical (unpaired) electrons. The maximum atomic E-state index is 11.2. The van der Waals surface area contributed by atoms with Crippen LogP contribution in [0.1, 0.15) is 12.8 Å². The van der Waals surface area contributed by atoms with E-state index in [0.29, 0.717) is 19.4 Å². The molecule has 88 valence electrons. The predicted octanol–water partition coefficient (Wildman–Crippen LogP) is -1.23. The second kappa shape index (κ2) is 6.02. The van der Waals surface area contributed by atoms with E-state index in [0.717, 1.165) is 4.90 Å². The molecule has 0 saturated carbocycles. The van der Waals surface area contributed by atoms with E-state index in [4.69, 9.17) is 5.73 Å². The molecule has 0 bridgehead atoms. The maximum absolute atomic E-state index is 11.2. The molecule has 3 N–H and O–H groups in total. The van der Waals surface area contributed by atoms with E-state index in [-0.39, 0.29) is 30.8 Å². The summed E-state index contributed by atoms with van der Waals surface area (Å²) in [6.07, 6.45) is 3.45. The van der Waals surface area contributed by atoms with E-state index in [1.807, 2.05) is 0 Å². The fourth-order valence-electron chi connectivity index (χ4n) is 1.31. The van der Waals surface area contributed by atoms with Gasteiger partial charge in [-0.3, -0.25) is 19.3 Å². The summed E-state index contributed by atoms with van der Waals surface area (Å²) < 4.78 is 0. The van der Waals surface area contributed by atoms with Gasteiger partial charge in [-0.25, -0.2) is 0 Å². The van der Waals surface area contributed by atoms with Crippen LogP contribution in [0.2, 0.25) is 0 Å². The number of rotatable bonds is 6. The molecule has 1 aliphatic heterocycles. The largest absolute Gasteiger partial charge is 0.354 e. The van der Waals surface area contributed by atoms with Gasteiger partial charge in [0, 0.05) is 31.7 Å². The molecule has 16 heavy (non-hydrogen) atoms. The van der Waals surface area contributed by atoms with Crippen LogP contribution in [0.25, 0.3) is 0 Å². The molecule has 0 fully saturated rings. The summed E-state index contributed by atoms with van der Waals surface area (Å²) in [6.45, 7) is 0.960. The molecule has 0 spiro atoms. The van der Waals surface area contributed by atoms with Crippen molar-refractivity contribution in [2.75, 3.05) is 19.6 Å². The molecular formula is C10H15N3O3. The molecule has 0 aromatic rings. The lowest BCUT2D eigenvalue weighted by molar-refractivity contribution is -0.137. The predicted molar refractivity (Wildman–Crippen MR) is 57.2 cm³/mol. The zero-order chi connectivity index (χ0) is 12.0. The van der Waals surface area contributed by atoms with E-state index < -0.39 is 0 Å². The summed E-state index contributed by atoms with van der Waals surface area (Å²) in [6, 6.07) is 0. The monoisotopic (exact) mass is 225 g/mol. The van der Waals surface area contributed by atoms with E-state index in [1.54, 1.807) is 0 Å². The second-order valence-electron chi connectivity index (χ2n) is 3.40. The maximum Gasteiger partial charge on any atom is 0.253 e. The third-order valence-electron chi connectivity index (χ3n) is 2.17. The Kier molecular flexibility index (Phi) is 4.65. The van der Waals surface area contributed by atoms with Gasteiger partial charge in [0.25, 0.3) is 11.8 Å². The first-order valence-corrected chi connectivity index (χ1v) is 5.15. The molecule has 0 unspecified atom stereocenters. The summed E-state index contributed by atoms with van der Waals surface area (Å²) in [4.78, 5) is 34.5. The number of carbonyl (C=O) groups excluding carboxylic acids is 3. The van der Waals surface area contributed by atoms with Crippen LogP contribution in [0.4, 0.5) is 0 Å². The molecule has 0 aliphatic carbocycles. The van der Waals surface area contributed by atoms with Gasteiger partial charge in [-0.05, 0) is 13.0 Å². The number of nitrogens with two attached hydrogens (primary N) is 1. The Morgan fingerprint density at radius 2 is 1.94 bits per heavy atom. The van der Waals surface area contributed by atoms with Gasteiger partial charge in [-0.15, -0.1) is 0 Å². The third-order valence-corrected chi connectivity index (χ3v) is 2.17. The number of nitrogens with one attached hydrogen (secondary N) is 1. The number of nitrogens with zero attached hydrogens (tertiary/aromatic N) is 1. The van der Waals surface area contributed by atoms with Crippen molar-refractivity contribution in [3.63, 3.8) is 0 Å². The first-order valence-electron chi connectivity index (χ1n) is 5.15. The van der Waals surface area contributed by atoms with Crippen molar-refractivity contribution in [2.24, 2.45) is 5.73 Å². The summed E-state index contributed by atoms with van der Waals surface area (Å²) in [5.74, 6) is -0.778. The summed E-state index contributed by atoms with van der Waals surface area (Å²) in [7, 11) is 0. The van der Waals surface area contributed by atoms with Gasteiger partial charge in [-0.2, -0.15) is 0 Å². The minimum atomic E-state index is -0.332. The van der Waals surface area contributed by atoms with Crippen LogP contribution in [0.15, 0.2) is 12.2 Å². The minimum absolute atomic E-state index is 0.113. The Hall–Kier alpha value is -1.69. The second-order valence-corrected chi connectivity index (χ2v) is 3.40. The van der Waals surface area contributed by atoms with Crippen LogP contribution in [-0.4, -0.2) is 42.3 Å². The minimum Gasteiger partial charge on any atom is -0.354 e. The highest BCUT2D eigenvalue weighted by molar-refractivity contribution is 6.12. The van der Waals surface area contributed by atoms with Crippen LogP contribution < -0.4 is 11.1 Å². The van der Waals surface area contributed by atoms with Gasteiger partial charge < -0.3 is 11.1 Å². The van der Waals surface area contributed by atoms with E-state index in [1.165, 1.54) is 12.2 Å². The molecule has 0 atom stereocenters. The third kappa shape index (κ3) is 3.47. The SMILES string of the molecule is NCCCC(=O)NCCN1C(=O)C=CC1=O. The molecule has 0 aromatic heterocycles. The Morgan fingerprint density at radius 1 is 1.31 bits per heavy atom. The smallest absolute Gasteiger partial charge is 0.253 e. The van der Waals surface area contributed by atoms with Crippen molar-refractivity contribution in [2.45, 2.75) is 12.8 Å². The Bertz CT molecular complexity index is 307. The van der Waals surface area contributed by atoms with Crippen LogP contribution in [0.3, 0.4) is 0 Å². The van der Waals surface area contributed by atoms with Crippen molar-refractivity contribution in [3.05, 3.63) is 12.2 Å². The number of hydrogen-bond donors (Lipinski definition) is 2. The van der Waals surface area contributed by atoms with Gasteiger partial charge in [0.05, 0.1) is 0 Å². The quantitative estimate of drug-likeness (QED) is 0.553.